The quantitative estimate of drug-likeness (QED) is 0.572. The van der Waals surface area contributed by atoms with Crippen molar-refractivity contribution in [1.29, 1.82) is 0 Å². The number of benzene rings is 1. The van der Waals surface area contributed by atoms with Crippen LogP contribution in [0.1, 0.15) is 17.9 Å². The molecular weight excluding hydrogens is 352 g/mol. The lowest BCUT2D eigenvalue weighted by atomic mass is 9.92. The monoisotopic (exact) mass is 364 g/mol. The first-order chi connectivity index (χ1) is 11.5. The number of aromatic amines is 1. The van der Waals surface area contributed by atoms with Crippen LogP contribution in [-0.4, -0.2) is 28.0 Å². The van der Waals surface area contributed by atoms with Crippen LogP contribution < -0.4 is 16.2 Å². The van der Waals surface area contributed by atoms with E-state index in [0.29, 0.717) is 15.9 Å². The van der Waals surface area contributed by atoms with Gasteiger partial charge < -0.3 is 15.6 Å². The summed E-state index contributed by atoms with van der Waals surface area (Å²) in [5, 5.41) is 5.94. The molecule has 1 aromatic carbocycles. The lowest BCUT2D eigenvalue weighted by Crippen LogP contribution is -2.36. The molecule has 2 amide bonds. The zero-order chi connectivity index (χ0) is 17.3. The van der Waals surface area contributed by atoms with Gasteiger partial charge in [0, 0.05) is 6.42 Å². The van der Waals surface area contributed by atoms with Crippen LogP contribution in [0.5, 0.6) is 0 Å². The van der Waals surface area contributed by atoms with E-state index in [9.17, 15) is 14.4 Å². The van der Waals surface area contributed by atoms with Crippen molar-refractivity contribution in [2.24, 2.45) is 0 Å². The number of hydrogen-bond donors (Lipinski definition) is 3. The van der Waals surface area contributed by atoms with E-state index in [-0.39, 0.29) is 23.7 Å². The molecule has 0 fully saturated rings. The highest BCUT2D eigenvalue weighted by Gasteiger charge is 2.34. The van der Waals surface area contributed by atoms with Crippen LogP contribution in [0, 0.1) is 0 Å². The highest BCUT2D eigenvalue weighted by molar-refractivity contribution is 7.98. The van der Waals surface area contributed by atoms with Gasteiger partial charge in [-0.05, 0) is 18.4 Å². The summed E-state index contributed by atoms with van der Waals surface area (Å²) in [5.74, 6) is -1.66. The van der Waals surface area contributed by atoms with Gasteiger partial charge in [-0.25, -0.2) is 4.98 Å². The number of fused-ring (bicyclic) bond motifs is 1. The number of amides is 2. The van der Waals surface area contributed by atoms with Crippen LogP contribution in [-0.2, 0) is 9.59 Å². The number of carbonyl (C=O) groups excluding carboxylic acids is 2. The van der Waals surface area contributed by atoms with Crippen LogP contribution >= 0.6 is 23.4 Å². The minimum Gasteiger partial charge on any atom is -0.324 e. The van der Waals surface area contributed by atoms with Gasteiger partial charge in [-0.15, -0.1) is 0 Å². The number of aromatic nitrogens is 2. The summed E-state index contributed by atoms with van der Waals surface area (Å²) in [7, 11) is 0. The third-order valence-electron chi connectivity index (χ3n) is 3.57. The van der Waals surface area contributed by atoms with Crippen molar-refractivity contribution in [3.8, 4) is 0 Å². The second kappa shape index (κ2) is 6.66. The summed E-state index contributed by atoms with van der Waals surface area (Å²) < 4.78 is 0. The van der Waals surface area contributed by atoms with Crippen molar-refractivity contribution in [3.63, 3.8) is 0 Å². The van der Waals surface area contributed by atoms with Crippen LogP contribution in [0.4, 0.5) is 11.5 Å². The van der Waals surface area contributed by atoms with E-state index in [2.05, 4.69) is 20.6 Å². The van der Waals surface area contributed by atoms with Gasteiger partial charge in [0.1, 0.15) is 5.82 Å². The smallest absolute Gasteiger partial charge is 0.257 e. The fourth-order valence-electron chi connectivity index (χ4n) is 2.45. The topological polar surface area (TPSA) is 104 Å². The van der Waals surface area contributed by atoms with Crippen molar-refractivity contribution in [1.82, 2.24) is 9.97 Å². The molecule has 0 radical (unpaired) electrons. The van der Waals surface area contributed by atoms with Gasteiger partial charge in [0.25, 0.3) is 5.56 Å². The molecule has 3 rings (SSSR count). The lowest BCUT2D eigenvalue weighted by Gasteiger charge is -2.23. The van der Waals surface area contributed by atoms with E-state index in [1.165, 1.54) is 11.8 Å². The van der Waals surface area contributed by atoms with Gasteiger partial charge in [-0.1, -0.05) is 35.5 Å². The number of anilines is 2. The predicted octanol–water partition coefficient (Wildman–Crippen LogP) is 2.21. The molecule has 7 nitrogen and oxygen atoms in total. The maximum atomic E-state index is 12.6. The Labute approximate surface area is 146 Å². The van der Waals surface area contributed by atoms with Gasteiger partial charge >= 0.3 is 0 Å². The minimum atomic E-state index is -0.933. The minimum absolute atomic E-state index is 0.124. The fraction of sp³-hybridized carbons (Fsp3) is 0.200. The summed E-state index contributed by atoms with van der Waals surface area (Å²) in [5.41, 5.74) is 0.127. The van der Waals surface area contributed by atoms with E-state index in [1.54, 1.807) is 30.5 Å². The van der Waals surface area contributed by atoms with Crippen LogP contribution in [0.3, 0.4) is 0 Å². The Hall–Kier alpha value is -2.32. The number of nitrogens with zero attached hydrogens (tertiary/aromatic N) is 1. The summed E-state index contributed by atoms with van der Waals surface area (Å²) >= 11 is 7.27. The maximum Gasteiger partial charge on any atom is 0.257 e. The molecule has 124 valence electrons. The molecule has 24 heavy (non-hydrogen) atoms. The molecule has 1 atom stereocenters. The van der Waals surface area contributed by atoms with Crippen molar-refractivity contribution < 1.29 is 9.59 Å². The highest BCUT2D eigenvalue weighted by Crippen LogP contribution is 2.31. The van der Waals surface area contributed by atoms with Crippen LogP contribution in [0.15, 0.2) is 34.2 Å². The Bertz CT molecular complexity index is 883. The number of carbonyl (C=O) groups is 2. The van der Waals surface area contributed by atoms with Crippen LogP contribution in [0.2, 0.25) is 5.02 Å². The van der Waals surface area contributed by atoms with E-state index in [1.807, 2.05) is 0 Å². The molecule has 3 N–H and O–H groups in total. The zero-order valence-electron chi connectivity index (χ0n) is 12.6. The molecule has 2 heterocycles. The summed E-state index contributed by atoms with van der Waals surface area (Å²) in [6.07, 6.45) is 1.61. The molecule has 1 aromatic heterocycles. The Morgan fingerprint density at radius 2 is 2.12 bits per heavy atom. The first-order valence-corrected chi connectivity index (χ1v) is 8.63. The highest BCUT2D eigenvalue weighted by atomic mass is 35.5. The average molecular weight is 365 g/mol. The Balaban J connectivity index is 1.98. The maximum absolute atomic E-state index is 12.6. The second-order valence-corrected chi connectivity index (χ2v) is 6.31. The molecule has 0 spiro atoms. The molecule has 0 bridgehead atoms. The first kappa shape index (κ1) is 16.5. The van der Waals surface area contributed by atoms with Crippen molar-refractivity contribution in [2.45, 2.75) is 17.5 Å². The van der Waals surface area contributed by atoms with Gasteiger partial charge in [-0.2, -0.15) is 0 Å². The second-order valence-electron chi connectivity index (χ2n) is 5.11. The standard InChI is InChI=1S/C15H13ClN4O3S/c1-24-15-19-12-11(14(23)20-15)7(6-10(21)18-12)13(22)17-9-5-3-2-4-8(9)16/h2-5,7H,6H2,1H3,(H,17,22)(H2,18,19,20,21,23)/t7-/m0/s1. The SMILES string of the molecule is CSc1nc2c(c(=O)[nH]1)[C@@H](C(=O)Nc1ccccc1Cl)CC(=O)N2. The number of rotatable bonds is 3. The number of hydrogen-bond acceptors (Lipinski definition) is 5. The normalized spacial score (nSPS) is 16.2. The number of para-hydroxylation sites is 1. The molecule has 9 heteroatoms. The zero-order valence-corrected chi connectivity index (χ0v) is 14.1. The van der Waals surface area contributed by atoms with E-state index < -0.39 is 17.4 Å². The lowest BCUT2D eigenvalue weighted by molar-refractivity contribution is -0.123. The van der Waals surface area contributed by atoms with Crippen LogP contribution in [0.25, 0.3) is 0 Å². The van der Waals surface area contributed by atoms with Gasteiger partial charge in [0.2, 0.25) is 11.8 Å². The Morgan fingerprint density at radius 3 is 2.83 bits per heavy atom. The number of H-pyrrole nitrogens is 1. The van der Waals surface area contributed by atoms with Crippen molar-refractivity contribution in [3.05, 3.63) is 45.2 Å². The molecular formula is C15H13ClN4O3S. The first-order valence-electron chi connectivity index (χ1n) is 7.03. The summed E-state index contributed by atoms with van der Waals surface area (Å²) in [6, 6.07) is 6.74. The Kier molecular flexibility index (Phi) is 4.59. The molecule has 0 saturated carbocycles. The largest absolute Gasteiger partial charge is 0.324 e. The van der Waals surface area contributed by atoms with Gasteiger partial charge in [0.05, 0.1) is 22.2 Å². The third-order valence-corrected chi connectivity index (χ3v) is 4.48. The molecule has 2 aromatic rings. The van der Waals surface area contributed by atoms with Gasteiger partial charge in [0.15, 0.2) is 5.16 Å². The van der Waals surface area contributed by atoms with E-state index in [0.717, 1.165) is 0 Å². The van der Waals surface area contributed by atoms with E-state index in [4.69, 9.17) is 11.6 Å². The molecule has 1 aliphatic rings. The third kappa shape index (κ3) is 3.15. The number of thioether (sulfide) groups is 1. The fourth-order valence-corrected chi connectivity index (χ4v) is 3.01. The molecule has 0 saturated heterocycles. The average Bonchev–Trinajstić information content (AvgIpc) is 2.55. The number of nitrogens with one attached hydrogen (secondary N) is 3. The molecule has 0 unspecified atom stereocenters. The number of halogens is 1. The summed E-state index contributed by atoms with van der Waals surface area (Å²) in [6.45, 7) is 0. The van der Waals surface area contributed by atoms with Crippen molar-refractivity contribution >= 4 is 46.7 Å². The summed E-state index contributed by atoms with van der Waals surface area (Å²) in [4.78, 5) is 43.6. The molecule has 1 aliphatic heterocycles. The van der Waals surface area contributed by atoms with Crippen molar-refractivity contribution in [2.75, 3.05) is 16.9 Å². The predicted molar refractivity (Wildman–Crippen MR) is 92.7 cm³/mol. The molecule has 0 aliphatic carbocycles. The van der Waals surface area contributed by atoms with Gasteiger partial charge in [-0.3, -0.25) is 14.4 Å². The van der Waals surface area contributed by atoms with E-state index >= 15 is 0 Å². The Morgan fingerprint density at radius 1 is 1.38 bits per heavy atom.